The highest BCUT2D eigenvalue weighted by molar-refractivity contribution is 7.11. The second-order valence-electron chi connectivity index (χ2n) is 12.4. The lowest BCUT2D eigenvalue weighted by atomic mass is 10.1. The normalized spacial score (nSPS) is 21.8. The van der Waals surface area contributed by atoms with Crippen molar-refractivity contribution in [1.82, 2.24) is 19.4 Å². The number of carboxylic acids is 1. The number of likely N-dealkylation sites (tertiary alicyclic amines) is 1. The van der Waals surface area contributed by atoms with E-state index in [4.69, 9.17) is 21.4 Å². The molecule has 2 aromatic heterocycles. The van der Waals surface area contributed by atoms with Crippen LogP contribution in [-0.4, -0.2) is 80.1 Å². The highest BCUT2D eigenvalue weighted by atomic mass is 35.5. The van der Waals surface area contributed by atoms with Gasteiger partial charge in [-0.25, -0.2) is 9.37 Å². The summed E-state index contributed by atoms with van der Waals surface area (Å²) >= 11 is 7.96. The van der Waals surface area contributed by atoms with E-state index in [1.165, 1.54) is 17.4 Å². The number of hydrogen-bond acceptors (Lipinski definition) is 7. The number of amides is 2. The number of thiazole rings is 1. The summed E-state index contributed by atoms with van der Waals surface area (Å²) < 4.78 is 23.3. The number of para-hydroxylation sites is 1. The fourth-order valence-electron chi connectivity index (χ4n) is 6.72. The van der Waals surface area contributed by atoms with Gasteiger partial charge in [0.2, 0.25) is 5.91 Å². The number of carboxylic acid groups (broad SMARTS) is 1. The average Bonchev–Trinajstić information content (AvgIpc) is 3.76. The molecule has 2 aliphatic rings. The molecule has 4 atom stereocenters. The largest absolute Gasteiger partial charge is 0.481 e. The molecule has 47 heavy (non-hydrogen) atoms. The van der Waals surface area contributed by atoms with E-state index in [9.17, 15) is 14.4 Å². The number of morpholine rings is 1. The number of anilines is 1. The number of fused-ring (bicyclic) bond motifs is 1. The number of carbonyl (C=O) groups is 3. The third kappa shape index (κ3) is 7.20. The first kappa shape index (κ1) is 33.1. The molecule has 2 aromatic carbocycles. The van der Waals surface area contributed by atoms with Gasteiger partial charge in [-0.3, -0.25) is 19.3 Å². The Hall–Kier alpha value is -3.84. The molecular weight excluding hydrogens is 645 g/mol. The number of hydrogen-bond donors (Lipinski definition) is 2. The lowest BCUT2D eigenvalue weighted by Crippen LogP contribution is -2.51. The standard InChI is InChI=1S/C34H37ClFN5O5S/c1-19-15-40(16-20(2)46-19)22-12-30(34-37-14-23(47-34)8-9-32(43)44)41(17-22)31(42)11-21-10-26(35)28(13-27(21)36)38-33(45)25-18-39(3)29-7-5-4-6-24(25)29/h4-7,10,13-14,18-20,22,30H,8-9,11-12,15-17H2,1-3H3,(H,38,45)(H,43,44)/t19-,20+,22-,30?/m0/s1. The van der Waals surface area contributed by atoms with Crippen LogP contribution in [0.2, 0.25) is 5.02 Å². The minimum Gasteiger partial charge on any atom is -0.481 e. The van der Waals surface area contributed by atoms with Gasteiger partial charge < -0.3 is 24.6 Å². The fraction of sp³-hybridized carbons (Fsp3) is 0.412. The van der Waals surface area contributed by atoms with Gasteiger partial charge in [0, 0.05) is 60.9 Å². The monoisotopic (exact) mass is 681 g/mol. The van der Waals surface area contributed by atoms with Crippen LogP contribution < -0.4 is 5.32 Å². The Kier molecular flexibility index (Phi) is 9.65. The second-order valence-corrected chi connectivity index (χ2v) is 14.0. The zero-order valence-electron chi connectivity index (χ0n) is 26.4. The van der Waals surface area contributed by atoms with Crippen LogP contribution >= 0.6 is 22.9 Å². The van der Waals surface area contributed by atoms with Gasteiger partial charge in [0.15, 0.2) is 0 Å². The number of nitrogens with zero attached hydrogens (tertiary/aromatic N) is 4. The van der Waals surface area contributed by atoms with Crippen molar-refractivity contribution in [3.05, 3.63) is 80.6 Å². The van der Waals surface area contributed by atoms with E-state index in [1.807, 2.05) is 49.7 Å². The highest BCUT2D eigenvalue weighted by Gasteiger charge is 2.42. The summed E-state index contributed by atoms with van der Waals surface area (Å²) in [6.45, 7) is 5.99. The van der Waals surface area contributed by atoms with Gasteiger partial charge >= 0.3 is 5.97 Å². The molecule has 1 unspecified atom stereocenters. The third-order valence-electron chi connectivity index (χ3n) is 8.87. The van der Waals surface area contributed by atoms with Gasteiger partial charge in [-0.2, -0.15) is 0 Å². The minimum atomic E-state index is -0.881. The van der Waals surface area contributed by atoms with E-state index in [0.29, 0.717) is 24.9 Å². The maximum atomic E-state index is 15.5. The molecule has 10 nitrogen and oxygen atoms in total. The number of ether oxygens (including phenoxy) is 1. The molecule has 4 heterocycles. The van der Waals surface area contributed by atoms with E-state index < -0.39 is 17.7 Å². The van der Waals surface area contributed by atoms with Crippen molar-refractivity contribution < 1.29 is 28.6 Å². The van der Waals surface area contributed by atoms with Crippen LogP contribution in [0.3, 0.4) is 0 Å². The van der Waals surface area contributed by atoms with Gasteiger partial charge in [-0.1, -0.05) is 29.8 Å². The van der Waals surface area contributed by atoms with Crippen molar-refractivity contribution in [3.8, 4) is 0 Å². The third-order valence-corrected chi connectivity index (χ3v) is 10.3. The summed E-state index contributed by atoms with van der Waals surface area (Å²) in [6, 6.07) is 9.78. The molecule has 0 spiro atoms. The van der Waals surface area contributed by atoms with Crippen molar-refractivity contribution in [2.24, 2.45) is 7.05 Å². The number of halogens is 2. The van der Waals surface area contributed by atoms with Crippen LogP contribution in [0.25, 0.3) is 10.9 Å². The van der Waals surface area contributed by atoms with E-state index in [2.05, 4.69) is 15.2 Å². The van der Waals surface area contributed by atoms with E-state index >= 15 is 4.39 Å². The van der Waals surface area contributed by atoms with Gasteiger partial charge in [-0.05, 0) is 50.5 Å². The maximum Gasteiger partial charge on any atom is 0.303 e. The van der Waals surface area contributed by atoms with Crippen LogP contribution in [0.4, 0.5) is 10.1 Å². The zero-order valence-corrected chi connectivity index (χ0v) is 28.0. The van der Waals surface area contributed by atoms with Crippen molar-refractivity contribution in [2.45, 2.75) is 63.8 Å². The first-order valence-corrected chi connectivity index (χ1v) is 16.8. The molecule has 2 aliphatic heterocycles. The molecule has 0 radical (unpaired) electrons. The Balaban J connectivity index is 1.20. The van der Waals surface area contributed by atoms with Crippen LogP contribution in [0, 0.1) is 5.82 Å². The van der Waals surface area contributed by atoms with E-state index in [0.717, 1.165) is 39.9 Å². The minimum absolute atomic E-state index is 0.000446. The molecule has 13 heteroatoms. The van der Waals surface area contributed by atoms with Crippen LogP contribution in [-0.2, 0) is 34.2 Å². The molecule has 248 valence electrons. The Morgan fingerprint density at radius 2 is 1.89 bits per heavy atom. The topological polar surface area (TPSA) is 117 Å². The van der Waals surface area contributed by atoms with Crippen molar-refractivity contribution in [2.75, 3.05) is 25.0 Å². The number of rotatable bonds is 9. The van der Waals surface area contributed by atoms with Gasteiger partial charge in [0.1, 0.15) is 10.8 Å². The highest BCUT2D eigenvalue weighted by Crippen LogP contribution is 2.38. The molecule has 2 amide bonds. The molecule has 2 saturated heterocycles. The molecule has 0 saturated carbocycles. The molecule has 0 aliphatic carbocycles. The summed E-state index contributed by atoms with van der Waals surface area (Å²) in [4.78, 5) is 47.8. The lowest BCUT2D eigenvalue weighted by Gasteiger charge is -2.38. The summed E-state index contributed by atoms with van der Waals surface area (Å²) in [5.41, 5.74) is 1.56. The van der Waals surface area contributed by atoms with E-state index in [-0.39, 0.29) is 59.3 Å². The Labute approximate surface area is 281 Å². The molecule has 2 N–H and O–H groups in total. The van der Waals surface area contributed by atoms with Gasteiger partial charge in [0.05, 0.1) is 47.4 Å². The Morgan fingerprint density at radius 3 is 2.64 bits per heavy atom. The predicted molar refractivity (Wildman–Crippen MR) is 178 cm³/mol. The van der Waals surface area contributed by atoms with Crippen molar-refractivity contribution in [3.63, 3.8) is 0 Å². The number of aliphatic carboxylic acids is 1. The molecule has 4 aromatic rings. The number of aryl methyl sites for hydroxylation is 2. The summed E-state index contributed by atoms with van der Waals surface area (Å²) in [7, 11) is 1.85. The molecule has 0 bridgehead atoms. The predicted octanol–water partition coefficient (Wildman–Crippen LogP) is 5.69. The van der Waals surface area contributed by atoms with Crippen LogP contribution in [0.1, 0.15) is 58.5 Å². The number of nitrogens with one attached hydrogen (secondary N) is 1. The summed E-state index contributed by atoms with van der Waals surface area (Å²) in [5.74, 6) is -2.22. The lowest BCUT2D eigenvalue weighted by molar-refractivity contribution is -0.137. The first-order valence-electron chi connectivity index (χ1n) is 15.7. The summed E-state index contributed by atoms with van der Waals surface area (Å²) in [5, 5.41) is 13.5. The summed E-state index contributed by atoms with van der Waals surface area (Å²) in [6.07, 6.45) is 4.30. The van der Waals surface area contributed by atoms with Crippen molar-refractivity contribution in [1.29, 1.82) is 0 Å². The van der Waals surface area contributed by atoms with E-state index in [1.54, 1.807) is 17.3 Å². The van der Waals surface area contributed by atoms with Gasteiger partial charge in [-0.15, -0.1) is 11.3 Å². The van der Waals surface area contributed by atoms with Gasteiger partial charge in [0.25, 0.3) is 5.91 Å². The quantitative estimate of drug-likeness (QED) is 0.233. The molecular formula is C34H37ClFN5O5S. The fourth-order valence-corrected chi connectivity index (χ4v) is 8.00. The number of carbonyl (C=O) groups excluding carboxylic acids is 2. The zero-order chi connectivity index (χ0) is 33.4. The number of benzene rings is 2. The Bertz CT molecular complexity index is 1820. The smallest absolute Gasteiger partial charge is 0.303 e. The van der Waals surface area contributed by atoms with Crippen LogP contribution in [0.15, 0.2) is 48.8 Å². The number of aromatic nitrogens is 2. The van der Waals surface area contributed by atoms with Crippen molar-refractivity contribution >= 4 is 57.3 Å². The second kappa shape index (κ2) is 13.7. The molecule has 6 rings (SSSR count). The Morgan fingerprint density at radius 1 is 1.15 bits per heavy atom. The maximum absolute atomic E-state index is 15.5. The molecule has 2 fully saturated rings. The average molecular weight is 682 g/mol. The SMILES string of the molecule is C[C@@H]1CN([C@H]2CC(c3ncc(CCC(=O)O)s3)N(C(=O)Cc3cc(Cl)c(NC(=O)c4cn(C)c5ccccc45)cc3F)C2)C[C@H](C)O1. The first-order chi connectivity index (χ1) is 22.5. The van der Waals surface area contributed by atoms with Crippen LogP contribution in [0.5, 0.6) is 0 Å².